The van der Waals surface area contributed by atoms with E-state index in [1.807, 2.05) is 54.6 Å². The second-order valence-corrected chi connectivity index (χ2v) is 5.54. The number of anilines is 3. The first-order valence-corrected chi connectivity index (χ1v) is 7.93. The van der Waals surface area contributed by atoms with Crippen molar-refractivity contribution in [1.82, 2.24) is 0 Å². The number of ketones is 1. The fourth-order valence-electron chi connectivity index (χ4n) is 2.55. The first-order valence-electron chi connectivity index (χ1n) is 7.93. The van der Waals surface area contributed by atoms with E-state index in [0.29, 0.717) is 0 Å². The lowest BCUT2D eigenvalue weighted by molar-refractivity contribution is -0.112. The summed E-state index contributed by atoms with van der Waals surface area (Å²) in [4.78, 5) is 13.3. The SMILES string of the molecule is CC(=O)C=Cc1ccc(N(c2ccccc2)c2ccccc2)cc1. The van der Waals surface area contributed by atoms with Crippen LogP contribution in [-0.4, -0.2) is 5.78 Å². The molecule has 24 heavy (non-hydrogen) atoms. The van der Waals surface area contributed by atoms with Gasteiger partial charge in [0.25, 0.3) is 0 Å². The van der Waals surface area contributed by atoms with Crippen LogP contribution in [0.2, 0.25) is 0 Å². The van der Waals surface area contributed by atoms with Crippen LogP contribution in [0.25, 0.3) is 6.08 Å². The Balaban J connectivity index is 1.99. The zero-order chi connectivity index (χ0) is 16.8. The first-order chi connectivity index (χ1) is 11.7. The van der Waals surface area contributed by atoms with Gasteiger partial charge in [0.15, 0.2) is 5.78 Å². The molecule has 0 saturated heterocycles. The van der Waals surface area contributed by atoms with Gasteiger partial charge in [-0.1, -0.05) is 54.6 Å². The van der Waals surface area contributed by atoms with Crippen molar-refractivity contribution in [2.75, 3.05) is 4.90 Å². The highest BCUT2D eigenvalue weighted by Crippen LogP contribution is 2.34. The number of para-hydroxylation sites is 2. The Bertz CT molecular complexity index is 781. The van der Waals surface area contributed by atoms with Crippen molar-refractivity contribution in [3.8, 4) is 0 Å². The Morgan fingerprint density at radius 2 is 1.17 bits per heavy atom. The van der Waals surface area contributed by atoms with Crippen LogP contribution in [0.5, 0.6) is 0 Å². The van der Waals surface area contributed by atoms with E-state index in [1.54, 1.807) is 13.0 Å². The molecule has 118 valence electrons. The molecule has 3 aromatic carbocycles. The van der Waals surface area contributed by atoms with Gasteiger partial charge in [0, 0.05) is 17.1 Å². The van der Waals surface area contributed by atoms with Crippen molar-refractivity contribution in [2.45, 2.75) is 6.92 Å². The smallest absolute Gasteiger partial charge is 0.152 e. The number of hydrogen-bond donors (Lipinski definition) is 0. The van der Waals surface area contributed by atoms with Crippen LogP contribution in [0.15, 0.2) is 91.0 Å². The van der Waals surface area contributed by atoms with Gasteiger partial charge in [-0.15, -0.1) is 0 Å². The lowest BCUT2D eigenvalue weighted by Gasteiger charge is -2.25. The third-order valence-corrected chi connectivity index (χ3v) is 3.69. The average molecular weight is 313 g/mol. The monoisotopic (exact) mass is 313 g/mol. The van der Waals surface area contributed by atoms with Crippen molar-refractivity contribution < 1.29 is 4.79 Å². The van der Waals surface area contributed by atoms with Gasteiger partial charge in [-0.25, -0.2) is 0 Å². The molecule has 3 rings (SSSR count). The van der Waals surface area contributed by atoms with Gasteiger partial charge in [-0.2, -0.15) is 0 Å². The fraction of sp³-hybridized carbons (Fsp3) is 0.0455. The van der Waals surface area contributed by atoms with E-state index >= 15 is 0 Å². The predicted octanol–water partition coefficient (Wildman–Crippen LogP) is 5.76. The van der Waals surface area contributed by atoms with Crippen LogP contribution in [0.3, 0.4) is 0 Å². The number of benzene rings is 3. The number of carbonyl (C=O) groups excluding carboxylic acids is 1. The maximum Gasteiger partial charge on any atom is 0.152 e. The number of rotatable bonds is 5. The zero-order valence-corrected chi connectivity index (χ0v) is 13.6. The van der Waals surface area contributed by atoms with Gasteiger partial charge in [0.05, 0.1) is 0 Å². The predicted molar refractivity (Wildman–Crippen MR) is 101 cm³/mol. The summed E-state index contributed by atoms with van der Waals surface area (Å²) in [6.45, 7) is 1.55. The Hall–Kier alpha value is -3.13. The summed E-state index contributed by atoms with van der Waals surface area (Å²) in [6.07, 6.45) is 3.42. The summed E-state index contributed by atoms with van der Waals surface area (Å²) in [5.74, 6) is 0.0503. The molecule has 0 bridgehead atoms. The van der Waals surface area contributed by atoms with E-state index in [4.69, 9.17) is 0 Å². The lowest BCUT2D eigenvalue weighted by atomic mass is 10.1. The summed E-state index contributed by atoms with van der Waals surface area (Å²) in [7, 11) is 0. The molecule has 2 heteroatoms. The number of carbonyl (C=O) groups is 1. The Morgan fingerprint density at radius 3 is 1.62 bits per heavy atom. The third-order valence-electron chi connectivity index (χ3n) is 3.69. The van der Waals surface area contributed by atoms with Crippen molar-refractivity contribution in [3.05, 3.63) is 96.6 Å². The molecule has 0 aliphatic rings. The second-order valence-electron chi connectivity index (χ2n) is 5.54. The maximum absolute atomic E-state index is 11.1. The molecule has 0 aliphatic carbocycles. The van der Waals surface area contributed by atoms with E-state index in [1.165, 1.54) is 0 Å². The Labute approximate surface area is 142 Å². The van der Waals surface area contributed by atoms with Crippen molar-refractivity contribution in [3.63, 3.8) is 0 Å². The summed E-state index contributed by atoms with van der Waals surface area (Å²) >= 11 is 0. The second kappa shape index (κ2) is 7.42. The number of hydrogen-bond acceptors (Lipinski definition) is 2. The fourth-order valence-corrected chi connectivity index (χ4v) is 2.55. The quantitative estimate of drug-likeness (QED) is 0.558. The average Bonchev–Trinajstić information content (AvgIpc) is 2.63. The van der Waals surface area contributed by atoms with Crippen LogP contribution >= 0.6 is 0 Å². The molecule has 0 heterocycles. The van der Waals surface area contributed by atoms with Crippen molar-refractivity contribution >= 4 is 28.9 Å². The molecule has 3 aromatic rings. The highest BCUT2D eigenvalue weighted by Gasteiger charge is 2.11. The minimum absolute atomic E-state index is 0.0503. The highest BCUT2D eigenvalue weighted by atomic mass is 16.1. The summed E-state index contributed by atoms with van der Waals surface area (Å²) in [5, 5.41) is 0. The topological polar surface area (TPSA) is 20.3 Å². The lowest BCUT2D eigenvalue weighted by Crippen LogP contribution is -2.09. The molecular weight excluding hydrogens is 294 g/mol. The van der Waals surface area contributed by atoms with Gasteiger partial charge in [-0.05, 0) is 55.0 Å². The molecule has 0 N–H and O–H groups in total. The van der Waals surface area contributed by atoms with E-state index in [0.717, 1.165) is 22.6 Å². The highest BCUT2D eigenvalue weighted by molar-refractivity contribution is 5.91. The Kier molecular flexibility index (Phi) is 4.87. The van der Waals surface area contributed by atoms with E-state index in [-0.39, 0.29) is 5.78 Å². The molecule has 0 amide bonds. The molecule has 0 unspecified atom stereocenters. The summed E-state index contributed by atoms with van der Waals surface area (Å²) in [5.41, 5.74) is 4.30. The molecule has 2 nitrogen and oxygen atoms in total. The van der Waals surface area contributed by atoms with E-state index < -0.39 is 0 Å². The summed E-state index contributed by atoms with van der Waals surface area (Å²) < 4.78 is 0. The van der Waals surface area contributed by atoms with Gasteiger partial charge < -0.3 is 4.90 Å². The number of nitrogens with zero attached hydrogens (tertiary/aromatic N) is 1. The van der Waals surface area contributed by atoms with E-state index in [9.17, 15) is 4.79 Å². The van der Waals surface area contributed by atoms with Gasteiger partial charge in [-0.3, -0.25) is 4.79 Å². The largest absolute Gasteiger partial charge is 0.311 e. The van der Waals surface area contributed by atoms with Crippen LogP contribution in [0, 0.1) is 0 Å². The van der Waals surface area contributed by atoms with Gasteiger partial charge in [0.2, 0.25) is 0 Å². The number of allylic oxidation sites excluding steroid dienone is 1. The minimum Gasteiger partial charge on any atom is -0.311 e. The van der Waals surface area contributed by atoms with E-state index in [2.05, 4.69) is 41.3 Å². The first kappa shape index (κ1) is 15.8. The molecule has 0 spiro atoms. The standard InChI is InChI=1S/C22H19NO/c1-18(24)12-13-19-14-16-22(17-15-19)23(20-8-4-2-5-9-20)21-10-6-3-7-11-21/h2-17H,1H3. The molecule has 0 aromatic heterocycles. The van der Waals surface area contributed by atoms with Crippen LogP contribution < -0.4 is 4.90 Å². The minimum atomic E-state index is 0.0503. The zero-order valence-electron chi connectivity index (χ0n) is 13.6. The maximum atomic E-state index is 11.1. The molecule has 0 radical (unpaired) electrons. The molecule has 0 atom stereocenters. The van der Waals surface area contributed by atoms with Crippen molar-refractivity contribution in [1.29, 1.82) is 0 Å². The van der Waals surface area contributed by atoms with Crippen LogP contribution in [0.1, 0.15) is 12.5 Å². The van der Waals surface area contributed by atoms with Crippen LogP contribution in [0.4, 0.5) is 17.1 Å². The Morgan fingerprint density at radius 1 is 0.708 bits per heavy atom. The third kappa shape index (κ3) is 3.79. The van der Waals surface area contributed by atoms with Crippen LogP contribution in [-0.2, 0) is 4.79 Å². The molecular formula is C22H19NO. The van der Waals surface area contributed by atoms with Crippen molar-refractivity contribution in [2.24, 2.45) is 0 Å². The molecule has 0 saturated carbocycles. The van der Waals surface area contributed by atoms with Gasteiger partial charge in [0.1, 0.15) is 0 Å². The normalized spacial score (nSPS) is 10.7. The molecule has 0 fully saturated rings. The summed E-state index contributed by atoms with van der Waals surface area (Å²) in [6, 6.07) is 28.7. The molecule has 0 aliphatic heterocycles. The van der Waals surface area contributed by atoms with Gasteiger partial charge >= 0.3 is 0 Å².